The molecule has 1 aromatic rings. The molecule has 19 heavy (non-hydrogen) atoms. The molecule has 106 valence electrons. The predicted octanol–water partition coefficient (Wildman–Crippen LogP) is 2.18. The van der Waals surface area contributed by atoms with E-state index in [1.165, 1.54) is 0 Å². The van der Waals surface area contributed by atoms with Gasteiger partial charge in [-0.25, -0.2) is 4.39 Å². The maximum atomic E-state index is 13.8. The molecule has 2 N–H and O–H groups in total. The van der Waals surface area contributed by atoms with E-state index in [0.717, 1.165) is 32.7 Å². The smallest absolute Gasteiger partial charge is 0.150 e. The molecule has 1 aliphatic rings. The van der Waals surface area contributed by atoms with E-state index in [2.05, 4.69) is 23.6 Å². The second kappa shape index (κ2) is 6.35. The molecule has 0 atom stereocenters. The van der Waals surface area contributed by atoms with Crippen molar-refractivity contribution in [2.24, 2.45) is 5.92 Å². The minimum atomic E-state index is -0.257. The van der Waals surface area contributed by atoms with Gasteiger partial charge in [0.15, 0.2) is 5.82 Å². The van der Waals surface area contributed by atoms with Crippen molar-refractivity contribution in [3.63, 3.8) is 0 Å². The monoisotopic (exact) mass is 265 g/mol. The number of hydrogen-bond acceptors (Lipinski definition) is 3. The minimum Gasteiger partial charge on any atom is -0.396 e. The maximum absolute atomic E-state index is 13.8. The van der Waals surface area contributed by atoms with Gasteiger partial charge in [-0.05, 0) is 12.0 Å². The van der Waals surface area contributed by atoms with Crippen LogP contribution in [0.15, 0.2) is 18.2 Å². The van der Waals surface area contributed by atoms with Crippen LogP contribution in [-0.4, -0.2) is 42.5 Å². The highest BCUT2D eigenvalue weighted by Crippen LogP contribution is 2.17. The number of nitrogens with two attached hydrogens (primary N) is 1. The molecule has 0 bridgehead atoms. The summed E-state index contributed by atoms with van der Waals surface area (Å²) < 4.78 is 13.8. The lowest BCUT2D eigenvalue weighted by molar-refractivity contribution is 0.116. The van der Waals surface area contributed by atoms with Gasteiger partial charge < -0.3 is 10.6 Å². The summed E-state index contributed by atoms with van der Waals surface area (Å²) in [7, 11) is 0. The number of halogens is 1. The zero-order valence-corrected chi connectivity index (χ0v) is 11.9. The lowest BCUT2D eigenvalue weighted by Gasteiger charge is -2.35. The Hall–Kier alpha value is -1.13. The number of piperazine rings is 1. The number of anilines is 1. The third kappa shape index (κ3) is 3.91. The fourth-order valence-electron chi connectivity index (χ4n) is 2.61. The van der Waals surface area contributed by atoms with Crippen LogP contribution < -0.4 is 5.73 Å². The Morgan fingerprint density at radius 1 is 1.16 bits per heavy atom. The van der Waals surface area contributed by atoms with Crippen LogP contribution in [0.4, 0.5) is 10.1 Å². The largest absolute Gasteiger partial charge is 0.396 e. The molecule has 1 aromatic carbocycles. The fourth-order valence-corrected chi connectivity index (χ4v) is 2.61. The van der Waals surface area contributed by atoms with Crippen LogP contribution >= 0.6 is 0 Å². The van der Waals surface area contributed by atoms with Crippen molar-refractivity contribution >= 4 is 5.69 Å². The Morgan fingerprint density at radius 3 is 2.42 bits per heavy atom. The molecular formula is C15H24FN3. The van der Waals surface area contributed by atoms with E-state index in [0.29, 0.717) is 18.0 Å². The van der Waals surface area contributed by atoms with Gasteiger partial charge in [0.05, 0.1) is 5.69 Å². The molecule has 1 saturated heterocycles. The number of benzene rings is 1. The van der Waals surface area contributed by atoms with Gasteiger partial charge in [-0.1, -0.05) is 26.0 Å². The number of hydrogen-bond donors (Lipinski definition) is 1. The molecule has 0 aliphatic carbocycles. The second-order valence-electron chi connectivity index (χ2n) is 5.79. The van der Waals surface area contributed by atoms with E-state index >= 15 is 0 Å². The predicted molar refractivity (Wildman–Crippen MR) is 77.4 cm³/mol. The van der Waals surface area contributed by atoms with Gasteiger partial charge in [-0.3, -0.25) is 4.90 Å². The van der Waals surface area contributed by atoms with E-state index in [9.17, 15) is 4.39 Å². The SMILES string of the molecule is CC(C)CN1CCN(Cc2cccc(N)c2F)CC1. The van der Waals surface area contributed by atoms with Gasteiger partial charge in [-0.2, -0.15) is 0 Å². The van der Waals surface area contributed by atoms with Gasteiger partial charge in [-0.15, -0.1) is 0 Å². The molecule has 4 heteroatoms. The van der Waals surface area contributed by atoms with Crippen molar-refractivity contribution in [3.05, 3.63) is 29.6 Å². The standard InChI is InChI=1S/C15H24FN3/c1-12(2)10-18-6-8-19(9-7-18)11-13-4-3-5-14(17)15(13)16/h3-5,12H,6-11,17H2,1-2H3. The Bertz CT molecular complexity index is 412. The average molecular weight is 265 g/mol. The molecule has 0 amide bonds. The van der Waals surface area contributed by atoms with Crippen molar-refractivity contribution < 1.29 is 4.39 Å². The maximum Gasteiger partial charge on any atom is 0.150 e. The molecule has 0 unspecified atom stereocenters. The molecule has 3 nitrogen and oxygen atoms in total. The topological polar surface area (TPSA) is 32.5 Å². The first-order valence-corrected chi connectivity index (χ1v) is 7.04. The van der Waals surface area contributed by atoms with Crippen LogP contribution in [0.25, 0.3) is 0 Å². The van der Waals surface area contributed by atoms with E-state index in [4.69, 9.17) is 5.73 Å². The van der Waals surface area contributed by atoms with Crippen molar-refractivity contribution in [2.75, 3.05) is 38.5 Å². The summed E-state index contributed by atoms with van der Waals surface area (Å²) in [6.45, 7) is 10.4. The molecule has 1 heterocycles. The quantitative estimate of drug-likeness (QED) is 0.847. The lowest BCUT2D eigenvalue weighted by atomic mass is 10.1. The van der Waals surface area contributed by atoms with Gasteiger partial charge in [0.25, 0.3) is 0 Å². The summed E-state index contributed by atoms with van der Waals surface area (Å²) in [5, 5.41) is 0. The first-order chi connectivity index (χ1) is 9.06. The zero-order chi connectivity index (χ0) is 13.8. The highest BCUT2D eigenvalue weighted by atomic mass is 19.1. The van der Waals surface area contributed by atoms with Crippen LogP contribution in [-0.2, 0) is 6.54 Å². The Morgan fingerprint density at radius 2 is 1.79 bits per heavy atom. The number of nitrogen functional groups attached to an aromatic ring is 1. The van der Waals surface area contributed by atoms with Crippen molar-refractivity contribution in [1.29, 1.82) is 0 Å². The molecule has 0 spiro atoms. The molecule has 0 radical (unpaired) electrons. The normalized spacial score (nSPS) is 18.1. The Kier molecular flexibility index (Phi) is 4.77. The number of rotatable bonds is 4. The van der Waals surface area contributed by atoms with Crippen molar-refractivity contribution in [2.45, 2.75) is 20.4 Å². The second-order valence-corrected chi connectivity index (χ2v) is 5.79. The minimum absolute atomic E-state index is 0.246. The summed E-state index contributed by atoms with van der Waals surface area (Å²) in [6.07, 6.45) is 0. The average Bonchev–Trinajstić information content (AvgIpc) is 2.37. The van der Waals surface area contributed by atoms with Gasteiger partial charge in [0, 0.05) is 44.8 Å². The molecule has 0 aromatic heterocycles. The van der Waals surface area contributed by atoms with Crippen molar-refractivity contribution in [1.82, 2.24) is 9.80 Å². The zero-order valence-electron chi connectivity index (χ0n) is 11.9. The fraction of sp³-hybridized carbons (Fsp3) is 0.600. The summed E-state index contributed by atoms with van der Waals surface area (Å²) in [6, 6.07) is 5.26. The van der Waals surface area contributed by atoms with Crippen LogP contribution in [0.1, 0.15) is 19.4 Å². The molecule has 0 saturated carbocycles. The Balaban J connectivity index is 1.87. The van der Waals surface area contributed by atoms with E-state index in [1.807, 2.05) is 12.1 Å². The van der Waals surface area contributed by atoms with Gasteiger partial charge in [0.1, 0.15) is 0 Å². The third-order valence-electron chi connectivity index (χ3n) is 3.59. The van der Waals surface area contributed by atoms with Crippen LogP contribution in [0.5, 0.6) is 0 Å². The van der Waals surface area contributed by atoms with Gasteiger partial charge in [0.2, 0.25) is 0 Å². The third-order valence-corrected chi connectivity index (χ3v) is 3.59. The first kappa shape index (κ1) is 14.3. The summed E-state index contributed by atoms with van der Waals surface area (Å²) >= 11 is 0. The highest BCUT2D eigenvalue weighted by molar-refractivity contribution is 5.42. The van der Waals surface area contributed by atoms with E-state index < -0.39 is 0 Å². The summed E-state index contributed by atoms with van der Waals surface area (Å²) in [5.41, 5.74) is 6.55. The van der Waals surface area contributed by atoms with Crippen LogP contribution in [0.2, 0.25) is 0 Å². The van der Waals surface area contributed by atoms with Crippen LogP contribution in [0.3, 0.4) is 0 Å². The van der Waals surface area contributed by atoms with E-state index in [-0.39, 0.29) is 11.5 Å². The lowest BCUT2D eigenvalue weighted by Crippen LogP contribution is -2.46. The summed E-state index contributed by atoms with van der Waals surface area (Å²) in [4.78, 5) is 4.78. The van der Waals surface area contributed by atoms with Gasteiger partial charge >= 0.3 is 0 Å². The van der Waals surface area contributed by atoms with E-state index in [1.54, 1.807) is 6.07 Å². The molecule has 2 rings (SSSR count). The molecular weight excluding hydrogens is 241 g/mol. The van der Waals surface area contributed by atoms with Crippen LogP contribution in [0, 0.1) is 11.7 Å². The Labute approximate surface area is 115 Å². The number of nitrogens with zero attached hydrogens (tertiary/aromatic N) is 2. The van der Waals surface area contributed by atoms with Crippen molar-refractivity contribution in [3.8, 4) is 0 Å². The molecule has 1 aliphatic heterocycles. The first-order valence-electron chi connectivity index (χ1n) is 7.04. The summed E-state index contributed by atoms with van der Waals surface area (Å²) in [5.74, 6) is 0.449. The highest BCUT2D eigenvalue weighted by Gasteiger charge is 2.18. The molecule has 1 fully saturated rings.